The first-order valence-electron chi connectivity index (χ1n) is 7.63. The molecule has 1 aliphatic heterocycles. The molecule has 2 fully saturated rings. The van der Waals surface area contributed by atoms with Crippen molar-refractivity contribution in [1.29, 1.82) is 0 Å². The molecule has 1 N–H and O–H groups in total. The van der Waals surface area contributed by atoms with Crippen LogP contribution in [0.2, 0.25) is 0 Å². The van der Waals surface area contributed by atoms with Crippen LogP contribution in [0.25, 0.3) is 0 Å². The summed E-state index contributed by atoms with van der Waals surface area (Å²) in [6.07, 6.45) is 7.22. The average molecular weight is 238 g/mol. The van der Waals surface area contributed by atoms with Gasteiger partial charge >= 0.3 is 0 Å². The van der Waals surface area contributed by atoms with Crippen molar-refractivity contribution in [2.45, 2.75) is 65.0 Å². The van der Waals surface area contributed by atoms with Crippen molar-refractivity contribution in [3.05, 3.63) is 0 Å². The first-order chi connectivity index (χ1) is 8.15. The fraction of sp³-hybridized carbons (Fsp3) is 1.00. The minimum atomic E-state index is 0.633. The molecule has 1 aliphatic carbocycles. The first kappa shape index (κ1) is 13.4. The van der Waals surface area contributed by atoms with E-state index in [1.54, 1.807) is 0 Å². The van der Waals surface area contributed by atoms with E-state index in [9.17, 15) is 0 Å². The largest absolute Gasteiger partial charge is 0.310 e. The van der Waals surface area contributed by atoms with Gasteiger partial charge in [0.2, 0.25) is 0 Å². The minimum absolute atomic E-state index is 0.633. The Bertz CT molecular complexity index is 227. The summed E-state index contributed by atoms with van der Waals surface area (Å²) in [4.78, 5) is 2.70. The third-order valence-corrected chi connectivity index (χ3v) is 4.62. The second-order valence-corrected chi connectivity index (χ2v) is 6.59. The number of hydrogen-bond donors (Lipinski definition) is 1. The Kier molecular flexibility index (Phi) is 4.87. The van der Waals surface area contributed by atoms with Crippen molar-refractivity contribution >= 4 is 0 Å². The van der Waals surface area contributed by atoms with E-state index in [-0.39, 0.29) is 0 Å². The van der Waals surface area contributed by atoms with E-state index < -0.39 is 0 Å². The topological polar surface area (TPSA) is 15.3 Å². The maximum atomic E-state index is 3.68. The number of likely N-dealkylation sites (tertiary alicyclic amines) is 1. The molecule has 2 aliphatic rings. The SMILES string of the molecule is CC(C)NC1CCN(CC2CCCCC2C)C1. The molecule has 2 heteroatoms. The van der Waals surface area contributed by atoms with Gasteiger partial charge in [0.25, 0.3) is 0 Å². The summed E-state index contributed by atoms with van der Waals surface area (Å²) in [6, 6.07) is 1.38. The normalized spacial score (nSPS) is 35.6. The Morgan fingerprint density at radius 1 is 1.18 bits per heavy atom. The van der Waals surface area contributed by atoms with E-state index in [0.29, 0.717) is 6.04 Å². The van der Waals surface area contributed by atoms with Gasteiger partial charge in [-0.25, -0.2) is 0 Å². The number of rotatable bonds is 4. The fourth-order valence-electron chi connectivity index (χ4n) is 3.60. The van der Waals surface area contributed by atoms with Crippen molar-refractivity contribution in [3.8, 4) is 0 Å². The zero-order valence-electron chi connectivity index (χ0n) is 11.9. The maximum absolute atomic E-state index is 3.68. The number of nitrogens with one attached hydrogen (secondary N) is 1. The third-order valence-electron chi connectivity index (χ3n) is 4.62. The zero-order chi connectivity index (χ0) is 12.3. The van der Waals surface area contributed by atoms with Crippen molar-refractivity contribution in [2.75, 3.05) is 19.6 Å². The fourth-order valence-corrected chi connectivity index (χ4v) is 3.60. The van der Waals surface area contributed by atoms with Gasteiger partial charge in [0.05, 0.1) is 0 Å². The predicted molar refractivity (Wildman–Crippen MR) is 74.2 cm³/mol. The van der Waals surface area contributed by atoms with Gasteiger partial charge < -0.3 is 10.2 Å². The molecule has 0 radical (unpaired) electrons. The summed E-state index contributed by atoms with van der Waals surface area (Å²) in [5, 5.41) is 3.68. The summed E-state index contributed by atoms with van der Waals surface area (Å²) in [5.41, 5.74) is 0. The summed E-state index contributed by atoms with van der Waals surface area (Å²) in [5.74, 6) is 1.93. The average Bonchev–Trinajstić information content (AvgIpc) is 2.68. The molecule has 0 spiro atoms. The van der Waals surface area contributed by atoms with Gasteiger partial charge in [-0.1, -0.05) is 40.0 Å². The molecule has 3 unspecified atom stereocenters. The van der Waals surface area contributed by atoms with Crippen LogP contribution in [0.15, 0.2) is 0 Å². The Hall–Kier alpha value is -0.0800. The standard InChI is InChI=1S/C15H30N2/c1-12(2)16-15-8-9-17(11-15)10-14-7-5-4-6-13(14)3/h12-16H,4-11H2,1-3H3. The molecule has 2 nitrogen and oxygen atoms in total. The van der Waals surface area contributed by atoms with Crippen LogP contribution in [0, 0.1) is 11.8 Å². The smallest absolute Gasteiger partial charge is 0.0209 e. The molecule has 0 aromatic carbocycles. The second-order valence-electron chi connectivity index (χ2n) is 6.59. The highest BCUT2D eigenvalue weighted by Crippen LogP contribution is 2.30. The van der Waals surface area contributed by atoms with E-state index in [1.165, 1.54) is 51.7 Å². The molecule has 0 aromatic heterocycles. The van der Waals surface area contributed by atoms with Gasteiger partial charge in [-0.2, -0.15) is 0 Å². The molecular weight excluding hydrogens is 208 g/mol. The van der Waals surface area contributed by atoms with Gasteiger partial charge in [0.1, 0.15) is 0 Å². The molecular formula is C15H30N2. The van der Waals surface area contributed by atoms with Crippen LogP contribution in [-0.4, -0.2) is 36.6 Å². The van der Waals surface area contributed by atoms with Crippen LogP contribution in [-0.2, 0) is 0 Å². The van der Waals surface area contributed by atoms with Crippen molar-refractivity contribution in [3.63, 3.8) is 0 Å². The van der Waals surface area contributed by atoms with Crippen molar-refractivity contribution in [1.82, 2.24) is 10.2 Å². The maximum Gasteiger partial charge on any atom is 0.0209 e. The summed E-state index contributed by atoms with van der Waals surface area (Å²) in [7, 11) is 0. The zero-order valence-corrected chi connectivity index (χ0v) is 11.9. The molecule has 2 rings (SSSR count). The predicted octanol–water partition coefficient (Wildman–Crippen LogP) is 2.89. The molecule has 3 atom stereocenters. The summed E-state index contributed by atoms with van der Waals surface area (Å²) >= 11 is 0. The van der Waals surface area contributed by atoms with Crippen molar-refractivity contribution < 1.29 is 0 Å². The van der Waals surface area contributed by atoms with Crippen LogP contribution in [0.4, 0.5) is 0 Å². The molecule has 1 saturated heterocycles. The van der Waals surface area contributed by atoms with E-state index in [1.807, 2.05) is 0 Å². The molecule has 1 saturated carbocycles. The van der Waals surface area contributed by atoms with Crippen LogP contribution in [0.5, 0.6) is 0 Å². The Morgan fingerprint density at radius 3 is 2.65 bits per heavy atom. The molecule has 0 aromatic rings. The van der Waals surface area contributed by atoms with E-state index in [2.05, 4.69) is 31.0 Å². The van der Waals surface area contributed by atoms with Crippen molar-refractivity contribution in [2.24, 2.45) is 11.8 Å². The van der Waals surface area contributed by atoms with Crippen LogP contribution >= 0.6 is 0 Å². The first-order valence-corrected chi connectivity index (χ1v) is 7.63. The molecule has 100 valence electrons. The lowest BCUT2D eigenvalue weighted by molar-refractivity contribution is 0.178. The van der Waals surface area contributed by atoms with Crippen LogP contribution in [0.1, 0.15) is 52.9 Å². The molecule has 1 heterocycles. The highest BCUT2D eigenvalue weighted by molar-refractivity contribution is 4.84. The van der Waals surface area contributed by atoms with Gasteiger partial charge in [-0.05, 0) is 31.2 Å². The Morgan fingerprint density at radius 2 is 1.94 bits per heavy atom. The van der Waals surface area contributed by atoms with E-state index in [4.69, 9.17) is 0 Å². The number of nitrogens with zero attached hydrogens (tertiary/aromatic N) is 1. The van der Waals surface area contributed by atoms with E-state index in [0.717, 1.165) is 17.9 Å². The quantitative estimate of drug-likeness (QED) is 0.810. The lowest BCUT2D eigenvalue weighted by atomic mass is 9.80. The molecule has 0 bridgehead atoms. The van der Waals surface area contributed by atoms with Gasteiger partial charge in [-0.3, -0.25) is 0 Å². The summed E-state index contributed by atoms with van der Waals surface area (Å²) in [6.45, 7) is 10.9. The minimum Gasteiger partial charge on any atom is -0.310 e. The highest BCUT2D eigenvalue weighted by atomic mass is 15.2. The van der Waals surface area contributed by atoms with E-state index >= 15 is 0 Å². The Labute approximate surface area is 107 Å². The van der Waals surface area contributed by atoms with Gasteiger partial charge in [-0.15, -0.1) is 0 Å². The van der Waals surface area contributed by atoms with Crippen LogP contribution in [0.3, 0.4) is 0 Å². The van der Waals surface area contributed by atoms with Gasteiger partial charge in [0, 0.05) is 25.2 Å². The molecule has 0 amide bonds. The monoisotopic (exact) mass is 238 g/mol. The highest BCUT2D eigenvalue weighted by Gasteiger charge is 2.28. The third kappa shape index (κ3) is 3.96. The van der Waals surface area contributed by atoms with Crippen LogP contribution < -0.4 is 5.32 Å². The Balaban J connectivity index is 1.73. The molecule has 17 heavy (non-hydrogen) atoms. The lowest BCUT2D eigenvalue weighted by Gasteiger charge is -2.32. The van der Waals surface area contributed by atoms with Gasteiger partial charge in [0.15, 0.2) is 0 Å². The summed E-state index contributed by atoms with van der Waals surface area (Å²) < 4.78 is 0. The number of hydrogen-bond acceptors (Lipinski definition) is 2. The second kappa shape index (κ2) is 6.19. The lowest BCUT2D eigenvalue weighted by Crippen LogP contribution is -2.38.